The molecule has 0 atom stereocenters. The van der Waals surface area contributed by atoms with Crippen LogP contribution >= 0.6 is 0 Å². The fourth-order valence-electron chi connectivity index (χ4n) is 1.91. The van der Waals surface area contributed by atoms with Gasteiger partial charge in [-0.25, -0.2) is 13.8 Å². The van der Waals surface area contributed by atoms with Gasteiger partial charge in [-0.15, -0.1) is 0 Å². The second-order valence-electron chi connectivity index (χ2n) is 4.33. The van der Waals surface area contributed by atoms with Crippen molar-refractivity contribution in [3.05, 3.63) is 42.2 Å². The highest BCUT2D eigenvalue weighted by atomic mass is 19.3. The number of carbonyl (C=O) groups is 1. The second-order valence-corrected chi connectivity index (χ2v) is 4.33. The van der Waals surface area contributed by atoms with E-state index in [-0.39, 0.29) is 11.6 Å². The molecular formula is C13H16F2N4O. The van der Waals surface area contributed by atoms with Crippen LogP contribution in [0.5, 0.6) is 0 Å². The molecule has 0 fully saturated rings. The third-order valence-corrected chi connectivity index (χ3v) is 2.83. The molecule has 0 saturated heterocycles. The van der Waals surface area contributed by atoms with Crippen molar-refractivity contribution >= 4 is 5.91 Å². The first kappa shape index (κ1) is 14.2. The number of halogens is 2. The summed E-state index contributed by atoms with van der Waals surface area (Å²) in [7, 11) is 0. The lowest BCUT2D eigenvalue weighted by Crippen LogP contribution is -2.27. The fraction of sp³-hybridized carbons (Fsp3) is 0.385. The van der Waals surface area contributed by atoms with E-state index < -0.39 is 13.0 Å². The minimum absolute atomic E-state index is 0.253. The molecule has 7 heteroatoms. The second kappa shape index (κ2) is 6.83. The predicted molar refractivity (Wildman–Crippen MR) is 69.7 cm³/mol. The topological polar surface area (TPSA) is 62.7 Å². The molecule has 0 aliphatic carbocycles. The number of aryl methyl sites for hydroxylation is 1. The average molecular weight is 282 g/mol. The van der Waals surface area contributed by atoms with E-state index in [0.717, 1.165) is 18.7 Å². The number of amides is 1. The molecule has 0 spiro atoms. The van der Waals surface area contributed by atoms with E-state index >= 15 is 0 Å². The Morgan fingerprint density at radius 1 is 1.50 bits per heavy atom. The fourth-order valence-corrected chi connectivity index (χ4v) is 1.91. The van der Waals surface area contributed by atoms with Gasteiger partial charge in [-0.2, -0.15) is 0 Å². The lowest BCUT2D eigenvalue weighted by molar-refractivity contribution is 0.0930. The molecule has 0 radical (unpaired) electrons. The molecule has 0 aromatic carbocycles. The maximum atomic E-state index is 12.3. The number of hydrogen-bond donors (Lipinski definition) is 2. The lowest BCUT2D eigenvalue weighted by atomic mass is 10.3. The van der Waals surface area contributed by atoms with Crippen LogP contribution < -0.4 is 5.32 Å². The van der Waals surface area contributed by atoms with Crippen molar-refractivity contribution in [2.45, 2.75) is 25.8 Å². The van der Waals surface area contributed by atoms with Crippen molar-refractivity contribution in [1.29, 1.82) is 0 Å². The number of rotatable bonds is 7. The van der Waals surface area contributed by atoms with Crippen molar-refractivity contribution in [2.75, 3.05) is 6.54 Å². The molecule has 2 aromatic rings. The van der Waals surface area contributed by atoms with Gasteiger partial charge >= 0.3 is 0 Å². The number of aromatic amines is 1. The quantitative estimate of drug-likeness (QED) is 0.761. The molecule has 0 aliphatic rings. The molecular weight excluding hydrogens is 266 g/mol. The van der Waals surface area contributed by atoms with Crippen LogP contribution in [0.25, 0.3) is 0 Å². The van der Waals surface area contributed by atoms with Gasteiger partial charge in [0.2, 0.25) is 0 Å². The number of carbonyl (C=O) groups excluding carboxylic acids is 1. The van der Waals surface area contributed by atoms with Crippen molar-refractivity contribution < 1.29 is 13.6 Å². The summed E-state index contributed by atoms with van der Waals surface area (Å²) in [6, 6.07) is 3.12. The first-order valence-electron chi connectivity index (χ1n) is 6.36. The van der Waals surface area contributed by atoms with E-state index in [1.165, 1.54) is 16.8 Å². The third kappa shape index (κ3) is 3.91. The summed E-state index contributed by atoms with van der Waals surface area (Å²) in [6.07, 6.45) is 3.87. The zero-order chi connectivity index (χ0) is 14.4. The van der Waals surface area contributed by atoms with Crippen LogP contribution in [0.3, 0.4) is 0 Å². The van der Waals surface area contributed by atoms with Crippen LogP contribution in [0.15, 0.2) is 30.7 Å². The summed E-state index contributed by atoms with van der Waals surface area (Å²) in [4.78, 5) is 18.9. The van der Waals surface area contributed by atoms with E-state index in [1.807, 2.05) is 0 Å². The van der Waals surface area contributed by atoms with E-state index in [0.29, 0.717) is 6.54 Å². The number of nitrogens with one attached hydrogen (secondary N) is 2. The Labute approximate surface area is 115 Å². The van der Waals surface area contributed by atoms with Gasteiger partial charge < -0.3 is 14.9 Å². The Hall–Kier alpha value is -2.18. The Morgan fingerprint density at radius 2 is 2.35 bits per heavy atom. The summed E-state index contributed by atoms with van der Waals surface area (Å²) in [5.41, 5.74) is 0.253. The van der Waals surface area contributed by atoms with Crippen LogP contribution in [0.4, 0.5) is 8.78 Å². The maximum absolute atomic E-state index is 12.3. The van der Waals surface area contributed by atoms with E-state index in [4.69, 9.17) is 0 Å². The molecule has 108 valence electrons. The van der Waals surface area contributed by atoms with Gasteiger partial charge in [0.15, 0.2) is 0 Å². The number of aromatic nitrogens is 3. The Bertz CT molecular complexity index is 536. The van der Waals surface area contributed by atoms with Gasteiger partial charge in [-0.1, -0.05) is 0 Å². The summed E-state index contributed by atoms with van der Waals surface area (Å²) >= 11 is 0. The molecule has 0 bridgehead atoms. The van der Waals surface area contributed by atoms with Crippen LogP contribution in [-0.4, -0.2) is 33.4 Å². The molecule has 0 aliphatic heterocycles. The number of hydrogen-bond acceptors (Lipinski definition) is 2. The highest BCUT2D eigenvalue weighted by Crippen LogP contribution is 2.06. The monoisotopic (exact) mass is 282 g/mol. The van der Waals surface area contributed by atoms with Crippen molar-refractivity contribution in [2.24, 2.45) is 0 Å². The zero-order valence-corrected chi connectivity index (χ0v) is 10.9. The van der Waals surface area contributed by atoms with Crippen LogP contribution in [0.1, 0.15) is 22.7 Å². The minimum atomic E-state index is -2.48. The first-order chi connectivity index (χ1) is 9.66. The summed E-state index contributed by atoms with van der Waals surface area (Å²) in [6.45, 7) is 0.00153. The first-order valence-corrected chi connectivity index (χ1v) is 6.36. The van der Waals surface area contributed by atoms with E-state index in [1.54, 1.807) is 18.5 Å². The molecule has 0 saturated carbocycles. The van der Waals surface area contributed by atoms with E-state index in [9.17, 15) is 13.6 Å². The highest BCUT2D eigenvalue weighted by Gasteiger charge is 2.13. The largest absolute Gasteiger partial charge is 0.351 e. The van der Waals surface area contributed by atoms with Gasteiger partial charge in [0.1, 0.15) is 11.5 Å². The molecule has 0 unspecified atom stereocenters. The summed E-state index contributed by atoms with van der Waals surface area (Å²) in [5.74, 6) is 0.524. The van der Waals surface area contributed by atoms with Gasteiger partial charge in [0.25, 0.3) is 12.3 Å². The molecule has 5 nitrogen and oxygen atoms in total. The van der Waals surface area contributed by atoms with Gasteiger partial charge in [0.05, 0.1) is 6.54 Å². The number of nitrogens with zero attached hydrogens (tertiary/aromatic N) is 2. The van der Waals surface area contributed by atoms with Crippen LogP contribution in [0.2, 0.25) is 0 Å². The Morgan fingerprint density at radius 3 is 3.05 bits per heavy atom. The maximum Gasteiger partial charge on any atom is 0.267 e. The smallest absolute Gasteiger partial charge is 0.267 e. The summed E-state index contributed by atoms with van der Waals surface area (Å²) < 4.78 is 25.9. The molecule has 20 heavy (non-hydrogen) atoms. The van der Waals surface area contributed by atoms with Crippen LogP contribution in [0, 0.1) is 0 Å². The number of alkyl halides is 2. The van der Waals surface area contributed by atoms with Crippen molar-refractivity contribution in [3.8, 4) is 0 Å². The normalized spacial score (nSPS) is 10.9. The molecule has 2 rings (SSSR count). The van der Waals surface area contributed by atoms with Crippen molar-refractivity contribution in [3.63, 3.8) is 0 Å². The van der Waals surface area contributed by atoms with Gasteiger partial charge in [-0.05, 0) is 18.6 Å². The van der Waals surface area contributed by atoms with E-state index in [2.05, 4.69) is 15.3 Å². The van der Waals surface area contributed by atoms with Crippen molar-refractivity contribution in [1.82, 2.24) is 19.9 Å². The number of H-pyrrole nitrogens is 1. The zero-order valence-electron chi connectivity index (χ0n) is 10.9. The van der Waals surface area contributed by atoms with Gasteiger partial charge in [0, 0.05) is 31.6 Å². The Kier molecular flexibility index (Phi) is 4.86. The molecule has 2 N–H and O–H groups in total. The SMILES string of the molecule is O=C(NCCCc1ncc[nH]1)c1cccn1CC(F)F. The average Bonchev–Trinajstić information content (AvgIpc) is 3.04. The lowest BCUT2D eigenvalue weighted by Gasteiger charge is -2.09. The third-order valence-electron chi connectivity index (χ3n) is 2.83. The Balaban J connectivity index is 1.78. The highest BCUT2D eigenvalue weighted by molar-refractivity contribution is 5.92. The van der Waals surface area contributed by atoms with Gasteiger partial charge in [-0.3, -0.25) is 4.79 Å². The predicted octanol–water partition coefficient (Wildman–Crippen LogP) is 1.84. The molecule has 1 amide bonds. The van der Waals surface area contributed by atoms with Crippen LogP contribution in [-0.2, 0) is 13.0 Å². The summed E-state index contributed by atoms with van der Waals surface area (Å²) in [5, 5.41) is 2.71. The molecule has 2 heterocycles. The number of imidazole rings is 1. The molecule has 2 aromatic heterocycles. The standard InChI is InChI=1S/C13H16F2N4O/c14-11(15)9-19-8-2-3-10(19)13(20)18-5-1-4-12-16-6-7-17-12/h2-3,6-8,11H,1,4-5,9H2,(H,16,17)(H,18,20). The minimum Gasteiger partial charge on any atom is -0.351 e.